The second-order valence-electron chi connectivity index (χ2n) is 8.76. The number of urea groups is 1. The smallest absolute Gasteiger partial charge is 0.321 e. The molecule has 1 aliphatic heterocycles. The number of rotatable bonds is 5. The average molecular weight is 421 g/mol. The molecule has 2 aromatic heterocycles. The second-order valence-corrected chi connectivity index (χ2v) is 8.76. The molecule has 164 valence electrons. The van der Waals surface area contributed by atoms with Crippen LogP contribution in [0.2, 0.25) is 0 Å². The molecule has 0 radical (unpaired) electrons. The van der Waals surface area contributed by atoms with Crippen molar-refractivity contribution < 1.29 is 4.79 Å². The lowest BCUT2D eigenvalue weighted by Gasteiger charge is -2.34. The van der Waals surface area contributed by atoms with Crippen molar-refractivity contribution in [1.29, 1.82) is 0 Å². The summed E-state index contributed by atoms with van der Waals surface area (Å²) in [6.45, 7) is 13.4. The van der Waals surface area contributed by atoms with Crippen molar-refractivity contribution >= 4 is 22.9 Å². The van der Waals surface area contributed by atoms with Gasteiger partial charge in [-0.25, -0.2) is 14.8 Å². The van der Waals surface area contributed by atoms with Crippen molar-refractivity contribution in [2.75, 3.05) is 38.0 Å². The van der Waals surface area contributed by atoms with Crippen LogP contribution in [-0.4, -0.2) is 63.1 Å². The van der Waals surface area contributed by atoms with Gasteiger partial charge in [0.2, 0.25) is 0 Å². The van der Waals surface area contributed by atoms with Gasteiger partial charge >= 0.3 is 6.03 Å². The standard InChI is InChI=1S/C24H32N6O/c1-17(2)22-27-21-6-5-7-25-23(21)30(22)13-10-28-8-11-29(12-9-28)24(31)26-20-15-18(3)14-19(4)16-20/h5-7,14-17H,8-13H2,1-4H3,(H,26,31). The molecule has 0 aliphatic carbocycles. The van der Waals surface area contributed by atoms with Crippen LogP contribution >= 0.6 is 0 Å². The zero-order valence-corrected chi connectivity index (χ0v) is 18.9. The first kappa shape index (κ1) is 21.3. The third-order valence-corrected chi connectivity index (χ3v) is 5.82. The fourth-order valence-electron chi connectivity index (χ4n) is 4.30. The molecule has 2 amide bonds. The molecular formula is C24H32N6O. The first-order valence-corrected chi connectivity index (χ1v) is 11.1. The summed E-state index contributed by atoms with van der Waals surface area (Å²) in [6.07, 6.45) is 1.83. The van der Waals surface area contributed by atoms with Gasteiger partial charge in [0, 0.05) is 57.1 Å². The molecule has 1 aromatic carbocycles. The Morgan fingerprint density at radius 2 is 1.77 bits per heavy atom. The van der Waals surface area contributed by atoms with E-state index in [1.165, 1.54) is 0 Å². The van der Waals surface area contributed by atoms with Gasteiger partial charge in [-0.15, -0.1) is 0 Å². The normalized spacial score (nSPS) is 15.1. The molecule has 1 saturated heterocycles. The highest BCUT2D eigenvalue weighted by Crippen LogP contribution is 2.20. The molecule has 1 fully saturated rings. The van der Waals surface area contributed by atoms with E-state index < -0.39 is 0 Å². The number of carbonyl (C=O) groups is 1. The molecular weight excluding hydrogens is 388 g/mol. The topological polar surface area (TPSA) is 66.3 Å². The number of anilines is 1. The number of amides is 2. The molecule has 7 heteroatoms. The first-order valence-electron chi connectivity index (χ1n) is 11.1. The van der Waals surface area contributed by atoms with Crippen LogP contribution < -0.4 is 5.32 Å². The Morgan fingerprint density at radius 1 is 1.06 bits per heavy atom. The van der Waals surface area contributed by atoms with Crippen molar-refractivity contribution in [2.24, 2.45) is 0 Å². The number of fused-ring (bicyclic) bond motifs is 1. The zero-order valence-electron chi connectivity index (χ0n) is 18.9. The maximum absolute atomic E-state index is 12.7. The molecule has 7 nitrogen and oxygen atoms in total. The minimum atomic E-state index is -0.0171. The quantitative estimate of drug-likeness (QED) is 0.677. The number of pyridine rings is 1. The molecule has 3 aromatic rings. The number of imidazole rings is 1. The lowest BCUT2D eigenvalue weighted by Crippen LogP contribution is -2.50. The largest absolute Gasteiger partial charge is 0.322 e. The van der Waals surface area contributed by atoms with E-state index >= 15 is 0 Å². The van der Waals surface area contributed by atoms with E-state index in [-0.39, 0.29) is 6.03 Å². The lowest BCUT2D eigenvalue weighted by atomic mass is 10.1. The Morgan fingerprint density at radius 3 is 2.45 bits per heavy atom. The summed E-state index contributed by atoms with van der Waals surface area (Å²) in [7, 11) is 0. The van der Waals surface area contributed by atoms with E-state index in [1.54, 1.807) is 0 Å². The van der Waals surface area contributed by atoms with Crippen molar-refractivity contribution in [3.05, 3.63) is 53.5 Å². The van der Waals surface area contributed by atoms with Crippen LogP contribution in [-0.2, 0) is 6.54 Å². The number of hydrogen-bond acceptors (Lipinski definition) is 4. The monoisotopic (exact) mass is 420 g/mol. The van der Waals surface area contributed by atoms with Crippen molar-refractivity contribution in [2.45, 2.75) is 40.2 Å². The van der Waals surface area contributed by atoms with Gasteiger partial charge in [-0.3, -0.25) is 4.90 Å². The Labute approximate surface area is 184 Å². The summed E-state index contributed by atoms with van der Waals surface area (Å²) in [5, 5.41) is 3.05. The Balaban J connectivity index is 1.33. The van der Waals surface area contributed by atoms with Gasteiger partial charge in [-0.05, 0) is 49.2 Å². The Kier molecular flexibility index (Phi) is 6.23. The van der Waals surface area contributed by atoms with Gasteiger partial charge in [0.1, 0.15) is 11.3 Å². The van der Waals surface area contributed by atoms with Crippen LogP contribution in [0.3, 0.4) is 0 Å². The summed E-state index contributed by atoms with van der Waals surface area (Å²) in [4.78, 5) is 26.3. The fraction of sp³-hybridized carbons (Fsp3) is 0.458. The van der Waals surface area contributed by atoms with Crippen molar-refractivity contribution in [3.8, 4) is 0 Å². The minimum Gasteiger partial charge on any atom is -0.322 e. The van der Waals surface area contributed by atoms with Gasteiger partial charge in [0.15, 0.2) is 5.65 Å². The van der Waals surface area contributed by atoms with Crippen molar-refractivity contribution in [1.82, 2.24) is 24.3 Å². The molecule has 4 rings (SSSR count). The van der Waals surface area contributed by atoms with E-state index in [2.05, 4.69) is 39.7 Å². The molecule has 0 atom stereocenters. The Hall–Kier alpha value is -2.93. The average Bonchev–Trinajstić information content (AvgIpc) is 3.11. The SMILES string of the molecule is Cc1cc(C)cc(NC(=O)N2CCN(CCn3c(C(C)C)nc4cccnc43)CC2)c1. The van der Waals surface area contributed by atoms with Gasteiger partial charge < -0.3 is 14.8 Å². The fourth-order valence-corrected chi connectivity index (χ4v) is 4.30. The Bertz CT molecular complexity index is 1040. The molecule has 0 saturated carbocycles. The predicted molar refractivity (Wildman–Crippen MR) is 125 cm³/mol. The van der Waals surface area contributed by atoms with Crippen LogP contribution in [0.1, 0.15) is 36.7 Å². The number of carbonyl (C=O) groups excluding carboxylic acids is 1. The summed E-state index contributed by atoms with van der Waals surface area (Å²) in [6, 6.07) is 10.1. The lowest BCUT2D eigenvalue weighted by molar-refractivity contribution is 0.144. The maximum Gasteiger partial charge on any atom is 0.321 e. The van der Waals surface area contributed by atoms with E-state index in [4.69, 9.17) is 4.98 Å². The summed E-state index contributed by atoms with van der Waals surface area (Å²) >= 11 is 0. The second kappa shape index (κ2) is 9.06. The molecule has 1 aliphatic rings. The highest BCUT2D eigenvalue weighted by molar-refractivity contribution is 5.89. The summed E-state index contributed by atoms with van der Waals surface area (Å²) in [5.41, 5.74) is 5.09. The molecule has 0 spiro atoms. The molecule has 31 heavy (non-hydrogen) atoms. The number of nitrogens with zero attached hydrogens (tertiary/aromatic N) is 5. The number of aryl methyl sites for hydroxylation is 2. The summed E-state index contributed by atoms with van der Waals surface area (Å²) in [5.74, 6) is 1.43. The maximum atomic E-state index is 12.7. The number of benzene rings is 1. The highest BCUT2D eigenvalue weighted by atomic mass is 16.2. The molecule has 3 heterocycles. The van der Waals surface area contributed by atoms with E-state index in [1.807, 2.05) is 49.2 Å². The zero-order chi connectivity index (χ0) is 22.0. The van der Waals surface area contributed by atoms with Gasteiger partial charge in [-0.2, -0.15) is 0 Å². The number of nitrogens with one attached hydrogen (secondary N) is 1. The van der Waals surface area contributed by atoms with Crippen LogP contribution in [0.4, 0.5) is 10.5 Å². The number of piperazine rings is 1. The highest BCUT2D eigenvalue weighted by Gasteiger charge is 2.22. The first-order chi connectivity index (χ1) is 14.9. The van der Waals surface area contributed by atoms with Crippen LogP contribution in [0.15, 0.2) is 36.5 Å². The van der Waals surface area contributed by atoms with Crippen LogP contribution in [0.25, 0.3) is 11.2 Å². The van der Waals surface area contributed by atoms with E-state index in [9.17, 15) is 4.79 Å². The van der Waals surface area contributed by atoms with E-state index in [0.717, 1.165) is 73.1 Å². The van der Waals surface area contributed by atoms with Crippen molar-refractivity contribution in [3.63, 3.8) is 0 Å². The molecule has 0 bridgehead atoms. The third-order valence-electron chi connectivity index (χ3n) is 5.82. The minimum absolute atomic E-state index is 0.0171. The number of hydrogen-bond donors (Lipinski definition) is 1. The van der Waals surface area contributed by atoms with Gasteiger partial charge in [-0.1, -0.05) is 19.9 Å². The van der Waals surface area contributed by atoms with Crippen LogP contribution in [0, 0.1) is 13.8 Å². The molecule has 0 unspecified atom stereocenters. The predicted octanol–water partition coefficient (Wildman–Crippen LogP) is 4.02. The third kappa shape index (κ3) is 4.88. The summed E-state index contributed by atoms with van der Waals surface area (Å²) < 4.78 is 2.25. The van der Waals surface area contributed by atoms with E-state index in [0.29, 0.717) is 5.92 Å². The number of aromatic nitrogens is 3. The molecule has 1 N–H and O–H groups in total. The van der Waals surface area contributed by atoms with Gasteiger partial charge in [0.25, 0.3) is 0 Å². The van der Waals surface area contributed by atoms with Gasteiger partial charge in [0.05, 0.1) is 0 Å². The van der Waals surface area contributed by atoms with Crippen LogP contribution in [0.5, 0.6) is 0 Å².